The SMILES string of the molecule is CC(C)(C)[B]C1CCCCC1. The molecule has 0 spiro atoms. The van der Waals surface area contributed by atoms with Gasteiger partial charge in [0.2, 0.25) is 0 Å². The summed E-state index contributed by atoms with van der Waals surface area (Å²) in [6.07, 6.45) is 7.26. The zero-order valence-corrected chi connectivity index (χ0v) is 8.19. The van der Waals surface area contributed by atoms with Gasteiger partial charge in [0.15, 0.2) is 0 Å². The van der Waals surface area contributed by atoms with Crippen molar-refractivity contribution in [1.82, 2.24) is 0 Å². The largest absolute Gasteiger partial charge is 0.120 e. The smallest absolute Gasteiger partial charge is 0.0682 e. The highest BCUT2D eigenvalue weighted by Gasteiger charge is 2.21. The van der Waals surface area contributed by atoms with Gasteiger partial charge in [-0.2, -0.15) is 0 Å². The zero-order chi connectivity index (χ0) is 8.32. The lowest BCUT2D eigenvalue weighted by Gasteiger charge is -2.27. The van der Waals surface area contributed by atoms with Gasteiger partial charge in [-0.15, -0.1) is 0 Å². The third-order valence-electron chi connectivity index (χ3n) is 2.39. The van der Waals surface area contributed by atoms with E-state index in [1.807, 2.05) is 0 Å². The molecule has 0 aliphatic heterocycles. The molecule has 11 heavy (non-hydrogen) atoms. The second-order valence-electron chi connectivity index (χ2n) is 4.93. The minimum atomic E-state index is 0.433. The quantitative estimate of drug-likeness (QED) is 0.501. The van der Waals surface area contributed by atoms with Crippen LogP contribution in [0.5, 0.6) is 0 Å². The van der Waals surface area contributed by atoms with Crippen molar-refractivity contribution in [2.45, 2.75) is 64.0 Å². The highest BCUT2D eigenvalue weighted by atomic mass is 14.1. The van der Waals surface area contributed by atoms with E-state index in [0.29, 0.717) is 5.31 Å². The molecule has 0 heterocycles. The van der Waals surface area contributed by atoms with Gasteiger partial charge in [-0.3, -0.25) is 0 Å². The summed E-state index contributed by atoms with van der Waals surface area (Å²) >= 11 is 0. The predicted molar refractivity (Wildman–Crippen MR) is 52.3 cm³/mol. The van der Waals surface area contributed by atoms with Crippen LogP contribution < -0.4 is 0 Å². The molecule has 0 nitrogen and oxygen atoms in total. The van der Waals surface area contributed by atoms with Crippen LogP contribution in [0.3, 0.4) is 0 Å². The van der Waals surface area contributed by atoms with Crippen LogP contribution in [0.2, 0.25) is 11.1 Å². The first-order valence-electron chi connectivity index (χ1n) is 4.94. The van der Waals surface area contributed by atoms with Crippen LogP contribution in [0, 0.1) is 0 Å². The molecule has 1 saturated carbocycles. The summed E-state index contributed by atoms with van der Waals surface area (Å²) < 4.78 is 0. The first-order valence-corrected chi connectivity index (χ1v) is 4.94. The first kappa shape index (κ1) is 9.16. The van der Waals surface area contributed by atoms with Gasteiger partial charge in [0.05, 0.1) is 0 Å². The molecular formula is C10H20B. The van der Waals surface area contributed by atoms with Crippen molar-refractivity contribution in [2.75, 3.05) is 0 Å². The fourth-order valence-corrected chi connectivity index (χ4v) is 2.01. The summed E-state index contributed by atoms with van der Waals surface area (Å²) in [5, 5.41) is 0.433. The molecule has 0 atom stereocenters. The lowest BCUT2D eigenvalue weighted by atomic mass is 9.45. The van der Waals surface area contributed by atoms with Crippen molar-refractivity contribution in [3.63, 3.8) is 0 Å². The van der Waals surface area contributed by atoms with Crippen LogP contribution in [0.4, 0.5) is 0 Å². The topological polar surface area (TPSA) is 0 Å². The Morgan fingerprint density at radius 2 is 1.55 bits per heavy atom. The molecule has 0 saturated heterocycles. The molecule has 1 aliphatic carbocycles. The van der Waals surface area contributed by atoms with Gasteiger partial charge in [-0.25, -0.2) is 0 Å². The molecule has 0 aromatic rings. The fraction of sp³-hybridized carbons (Fsp3) is 1.00. The maximum atomic E-state index is 2.55. The molecule has 1 radical (unpaired) electrons. The molecule has 0 unspecified atom stereocenters. The zero-order valence-electron chi connectivity index (χ0n) is 8.19. The van der Waals surface area contributed by atoms with Gasteiger partial charge in [0.25, 0.3) is 0 Å². The van der Waals surface area contributed by atoms with E-state index in [2.05, 4.69) is 28.1 Å². The Bertz CT molecular complexity index is 107. The molecule has 1 rings (SSSR count). The van der Waals surface area contributed by atoms with E-state index in [1.165, 1.54) is 32.1 Å². The van der Waals surface area contributed by atoms with E-state index in [1.54, 1.807) is 0 Å². The monoisotopic (exact) mass is 151 g/mol. The van der Waals surface area contributed by atoms with Crippen molar-refractivity contribution >= 4 is 7.28 Å². The van der Waals surface area contributed by atoms with Gasteiger partial charge < -0.3 is 0 Å². The second kappa shape index (κ2) is 3.64. The summed E-state index contributed by atoms with van der Waals surface area (Å²) in [5.41, 5.74) is 0. The molecule has 0 aromatic heterocycles. The number of rotatable bonds is 1. The Morgan fingerprint density at radius 1 is 1.00 bits per heavy atom. The van der Waals surface area contributed by atoms with Crippen molar-refractivity contribution in [3.05, 3.63) is 0 Å². The predicted octanol–water partition coefficient (Wildman–Crippen LogP) is 3.66. The van der Waals surface area contributed by atoms with Crippen LogP contribution in [-0.2, 0) is 0 Å². The average Bonchev–Trinajstić information content (AvgIpc) is 1.85. The minimum absolute atomic E-state index is 0.433. The van der Waals surface area contributed by atoms with Gasteiger partial charge in [0, 0.05) is 0 Å². The summed E-state index contributed by atoms with van der Waals surface area (Å²) in [7, 11) is 2.55. The van der Waals surface area contributed by atoms with E-state index < -0.39 is 0 Å². The van der Waals surface area contributed by atoms with Gasteiger partial charge in [-0.1, -0.05) is 64.0 Å². The second-order valence-corrected chi connectivity index (χ2v) is 4.93. The number of hydrogen-bond acceptors (Lipinski definition) is 0. The van der Waals surface area contributed by atoms with Gasteiger partial charge in [-0.05, 0) is 0 Å². The molecule has 0 amide bonds. The molecule has 0 bridgehead atoms. The third kappa shape index (κ3) is 3.84. The van der Waals surface area contributed by atoms with Crippen LogP contribution in [0.1, 0.15) is 52.9 Å². The lowest BCUT2D eigenvalue weighted by molar-refractivity contribution is 0.492. The normalized spacial score (nSPS) is 21.7. The van der Waals surface area contributed by atoms with Crippen molar-refractivity contribution in [1.29, 1.82) is 0 Å². The van der Waals surface area contributed by atoms with E-state index in [-0.39, 0.29) is 0 Å². The lowest BCUT2D eigenvalue weighted by Crippen LogP contribution is -2.17. The van der Waals surface area contributed by atoms with Crippen molar-refractivity contribution in [3.8, 4) is 0 Å². The summed E-state index contributed by atoms with van der Waals surface area (Å²) in [6.45, 7) is 6.92. The molecular weight excluding hydrogens is 131 g/mol. The third-order valence-corrected chi connectivity index (χ3v) is 2.39. The maximum absolute atomic E-state index is 2.55. The Kier molecular flexibility index (Phi) is 3.03. The summed E-state index contributed by atoms with van der Waals surface area (Å²) in [4.78, 5) is 0. The molecule has 0 aromatic carbocycles. The maximum Gasteiger partial charge on any atom is 0.120 e. The highest BCUT2D eigenvalue weighted by Crippen LogP contribution is 2.35. The average molecular weight is 151 g/mol. The minimum Gasteiger partial charge on any atom is -0.0682 e. The molecule has 0 N–H and O–H groups in total. The number of hydrogen-bond donors (Lipinski definition) is 0. The van der Waals surface area contributed by atoms with E-state index in [9.17, 15) is 0 Å². The Hall–Kier alpha value is 0.0649. The first-order chi connectivity index (χ1) is 5.08. The Labute approximate surface area is 72.0 Å². The van der Waals surface area contributed by atoms with Crippen molar-refractivity contribution < 1.29 is 0 Å². The molecule has 1 fully saturated rings. The van der Waals surface area contributed by atoms with Crippen LogP contribution >= 0.6 is 0 Å². The summed E-state index contributed by atoms with van der Waals surface area (Å²) in [6, 6.07) is 0. The molecule has 1 aliphatic rings. The van der Waals surface area contributed by atoms with Crippen LogP contribution in [0.15, 0.2) is 0 Å². The van der Waals surface area contributed by atoms with E-state index in [4.69, 9.17) is 0 Å². The van der Waals surface area contributed by atoms with Gasteiger partial charge >= 0.3 is 0 Å². The van der Waals surface area contributed by atoms with Crippen LogP contribution in [0.25, 0.3) is 0 Å². The molecule has 1 heteroatoms. The van der Waals surface area contributed by atoms with Gasteiger partial charge in [0.1, 0.15) is 7.28 Å². The highest BCUT2D eigenvalue weighted by molar-refractivity contribution is 6.41. The van der Waals surface area contributed by atoms with E-state index >= 15 is 0 Å². The fourth-order valence-electron chi connectivity index (χ4n) is 2.01. The van der Waals surface area contributed by atoms with Crippen molar-refractivity contribution in [2.24, 2.45) is 0 Å². The standard InChI is InChI=1S/C10H20B/c1-10(2,3)11-9-7-5-4-6-8-9/h9H,4-8H2,1-3H3. The Balaban J connectivity index is 2.24. The van der Waals surface area contributed by atoms with Crippen LogP contribution in [-0.4, -0.2) is 7.28 Å². The molecule has 63 valence electrons. The summed E-state index contributed by atoms with van der Waals surface area (Å²) in [5.74, 6) is 0.920. The van der Waals surface area contributed by atoms with E-state index in [0.717, 1.165) is 5.82 Å². The Morgan fingerprint density at radius 3 is 2.00 bits per heavy atom.